The Labute approximate surface area is 95.0 Å². The van der Waals surface area contributed by atoms with Crippen LogP contribution in [0.1, 0.15) is 33.6 Å². The molecule has 0 radical (unpaired) electrons. The summed E-state index contributed by atoms with van der Waals surface area (Å²) >= 11 is 0. The van der Waals surface area contributed by atoms with E-state index in [1.54, 1.807) is 20.8 Å². The number of nitrogens with one attached hydrogen (secondary N) is 1. The highest BCUT2D eigenvalue weighted by molar-refractivity contribution is 5.81. The number of ether oxygens (including phenoxy) is 1. The second-order valence-corrected chi connectivity index (χ2v) is 4.97. The third-order valence-corrected chi connectivity index (χ3v) is 2.45. The van der Waals surface area contributed by atoms with Crippen LogP contribution in [0.25, 0.3) is 10.4 Å². The minimum Gasteiger partial charge on any atom is -0.459 e. The molecule has 16 heavy (non-hydrogen) atoms. The van der Waals surface area contributed by atoms with Gasteiger partial charge in [0, 0.05) is 4.91 Å². The summed E-state index contributed by atoms with van der Waals surface area (Å²) < 4.78 is 5.30. The summed E-state index contributed by atoms with van der Waals surface area (Å²) in [7, 11) is 0. The van der Waals surface area contributed by atoms with E-state index in [4.69, 9.17) is 10.3 Å². The molecule has 1 saturated heterocycles. The molecular formula is C10H18N4O2. The Kier molecular flexibility index (Phi) is 3.78. The molecule has 1 aliphatic rings. The Hall–Kier alpha value is -1.26. The molecule has 0 saturated carbocycles. The third kappa shape index (κ3) is 3.12. The van der Waals surface area contributed by atoms with Gasteiger partial charge in [0.05, 0.1) is 0 Å². The van der Waals surface area contributed by atoms with Gasteiger partial charge in [-0.15, -0.1) is 0 Å². The van der Waals surface area contributed by atoms with Crippen LogP contribution in [0.5, 0.6) is 0 Å². The molecule has 0 bridgehead atoms. The second kappa shape index (κ2) is 4.72. The molecule has 1 fully saturated rings. The maximum Gasteiger partial charge on any atom is 0.318 e. The van der Waals surface area contributed by atoms with Crippen LogP contribution >= 0.6 is 0 Å². The average Bonchev–Trinajstić information content (AvgIpc) is 2.17. The third-order valence-electron chi connectivity index (χ3n) is 2.45. The largest absolute Gasteiger partial charge is 0.459 e. The first-order valence-corrected chi connectivity index (χ1v) is 5.40. The van der Waals surface area contributed by atoms with Crippen LogP contribution in [0, 0.1) is 0 Å². The van der Waals surface area contributed by atoms with Crippen LogP contribution in [-0.4, -0.2) is 30.2 Å². The average molecular weight is 226 g/mol. The zero-order valence-electron chi connectivity index (χ0n) is 9.99. The van der Waals surface area contributed by atoms with Gasteiger partial charge in [-0.2, -0.15) is 0 Å². The van der Waals surface area contributed by atoms with Crippen LogP contribution in [0.15, 0.2) is 5.11 Å². The lowest BCUT2D eigenvalue weighted by Crippen LogP contribution is -2.48. The van der Waals surface area contributed by atoms with Gasteiger partial charge < -0.3 is 10.1 Å². The molecule has 1 heterocycles. The number of carbonyl (C=O) groups excluding carboxylic acids is 1. The molecule has 0 aromatic heterocycles. The van der Waals surface area contributed by atoms with Crippen molar-refractivity contribution < 1.29 is 9.53 Å². The number of esters is 1. The second-order valence-electron chi connectivity index (χ2n) is 4.97. The fraction of sp³-hybridized carbons (Fsp3) is 0.900. The van der Waals surface area contributed by atoms with E-state index in [1.807, 2.05) is 0 Å². The highest BCUT2D eigenvalue weighted by Crippen LogP contribution is 2.27. The van der Waals surface area contributed by atoms with E-state index in [0.29, 0.717) is 25.9 Å². The highest BCUT2D eigenvalue weighted by atomic mass is 16.6. The molecule has 0 aliphatic carbocycles. The van der Waals surface area contributed by atoms with Crippen molar-refractivity contribution in [3.63, 3.8) is 0 Å². The number of azide groups is 1. The summed E-state index contributed by atoms with van der Waals surface area (Å²) in [5.74, 6) is -0.417. The van der Waals surface area contributed by atoms with Gasteiger partial charge in [-0.3, -0.25) is 4.79 Å². The van der Waals surface area contributed by atoms with Crippen LogP contribution in [0.2, 0.25) is 0 Å². The fourth-order valence-electron chi connectivity index (χ4n) is 1.64. The van der Waals surface area contributed by atoms with E-state index >= 15 is 0 Å². The lowest BCUT2D eigenvalue weighted by atomic mass is 9.89. The lowest BCUT2D eigenvalue weighted by Gasteiger charge is -2.33. The van der Waals surface area contributed by atoms with Crippen molar-refractivity contribution in [1.29, 1.82) is 0 Å². The Morgan fingerprint density at radius 2 is 2.00 bits per heavy atom. The lowest BCUT2D eigenvalue weighted by molar-refractivity contribution is -0.162. The summed E-state index contributed by atoms with van der Waals surface area (Å²) in [4.78, 5) is 14.8. The van der Waals surface area contributed by atoms with Crippen LogP contribution in [-0.2, 0) is 9.53 Å². The zero-order chi connectivity index (χ0) is 12.2. The van der Waals surface area contributed by atoms with Crippen molar-refractivity contribution in [1.82, 2.24) is 5.32 Å². The first-order valence-electron chi connectivity index (χ1n) is 5.40. The van der Waals surface area contributed by atoms with Gasteiger partial charge in [0.1, 0.15) is 11.1 Å². The number of carbonyl (C=O) groups is 1. The molecule has 0 spiro atoms. The van der Waals surface area contributed by atoms with Gasteiger partial charge in [0.25, 0.3) is 0 Å². The van der Waals surface area contributed by atoms with Crippen LogP contribution < -0.4 is 5.32 Å². The minimum atomic E-state index is -1.02. The van der Waals surface area contributed by atoms with E-state index < -0.39 is 17.1 Å². The minimum absolute atomic E-state index is 0.417. The van der Waals surface area contributed by atoms with Gasteiger partial charge >= 0.3 is 5.97 Å². The Balaban J connectivity index is 2.84. The molecule has 0 aromatic carbocycles. The van der Waals surface area contributed by atoms with Crippen LogP contribution in [0.3, 0.4) is 0 Å². The van der Waals surface area contributed by atoms with Gasteiger partial charge in [-0.05, 0) is 52.2 Å². The van der Waals surface area contributed by atoms with Crippen molar-refractivity contribution in [2.24, 2.45) is 5.11 Å². The maximum absolute atomic E-state index is 12.0. The number of rotatable bonds is 2. The van der Waals surface area contributed by atoms with Crippen LogP contribution in [0.4, 0.5) is 0 Å². The molecule has 1 N–H and O–H groups in total. The fourth-order valence-corrected chi connectivity index (χ4v) is 1.64. The highest BCUT2D eigenvalue weighted by Gasteiger charge is 2.41. The van der Waals surface area contributed by atoms with Crippen molar-refractivity contribution in [3.8, 4) is 0 Å². The van der Waals surface area contributed by atoms with Gasteiger partial charge in [-0.25, -0.2) is 0 Å². The van der Waals surface area contributed by atoms with Gasteiger partial charge in [0.2, 0.25) is 0 Å². The summed E-state index contributed by atoms with van der Waals surface area (Å²) in [5.41, 5.74) is 6.98. The number of nitrogens with zero attached hydrogens (tertiary/aromatic N) is 3. The normalized spacial score (nSPS) is 19.7. The first-order chi connectivity index (χ1) is 7.40. The molecule has 6 nitrogen and oxygen atoms in total. The maximum atomic E-state index is 12.0. The predicted octanol–water partition coefficient (Wildman–Crippen LogP) is 1.76. The summed E-state index contributed by atoms with van der Waals surface area (Å²) in [6.07, 6.45) is 0.984. The summed E-state index contributed by atoms with van der Waals surface area (Å²) in [5, 5.41) is 6.79. The van der Waals surface area contributed by atoms with E-state index in [0.717, 1.165) is 0 Å². The molecular weight excluding hydrogens is 208 g/mol. The van der Waals surface area contributed by atoms with Gasteiger partial charge in [-0.1, -0.05) is 5.11 Å². The first kappa shape index (κ1) is 12.8. The van der Waals surface area contributed by atoms with Crippen molar-refractivity contribution in [2.75, 3.05) is 13.1 Å². The molecule has 1 aliphatic heterocycles. The Morgan fingerprint density at radius 1 is 1.44 bits per heavy atom. The Bertz CT molecular complexity index is 309. The van der Waals surface area contributed by atoms with Gasteiger partial charge in [0.15, 0.2) is 0 Å². The molecule has 90 valence electrons. The zero-order valence-corrected chi connectivity index (χ0v) is 9.99. The smallest absolute Gasteiger partial charge is 0.318 e. The quantitative estimate of drug-likeness (QED) is 0.337. The Morgan fingerprint density at radius 3 is 2.44 bits per heavy atom. The van der Waals surface area contributed by atoms with E-state index in [1.165, 1.54) is 0 Å². The summed E-state index contributed by atoms with van der Waals surface area (Å²) in [6, 6.07) is 0. The molecule has 0 atom stereocenters. The molecule has 1 rings (SSSR count). The van der Waals surface area contributed by atoms with E-state index in [2.05, 4.69) is 15.3 Å². The molecule has 6 heteroatoms. The predicted molar refractivity (Wildman–Crippen MR) is 59.8 cm³/mol. The van der Waals surface area contributed by atoms with Crippen molar-refractivity contribution in [3.05, 3.63) is 10.4 Å². The number of piperidine rings is 1. The molecule has 0 amide bonds. The van der Waals surface area contributed by atoms with Crippen molar-refractivity contribution in [2.45, 2.75) is 44.8 Å². The number of hydrogen-bond donors (Lipinski definition) is 1. The van der Waals surface area contributed by atoms with E-state index in [-0.39, 0.29) is 0 Å². The number of hydrogen-bond acceptors (Lipinski definition) is 4. The monoisotopic (exact) mass is 226 g/mol. The van der Waals surface area contributed by atoms with Crippen molar-refractivity contribution >= 4 is 5.97 Å². The van der Waals surface area contributed by atoms with E-state index in [9.17, 15) is 4.79 Å². The molecule has 0 unspecified atom stereocenters. The summed E-state index contributed by atoms with van der Waals surface area (Å²) in [6.45, 7) is 6.73. The standard InChI is InChI=1S/C10H18N4O2/c1-9(2,3)16-8(15)10(13-14-11)4-6-12-7-5-10/h12H,4-7H2,1-3H3. The molecule has 0 aromatic rings. The SMILES string of the molecule is CC(C)(C)OC(=O)C1(N=[N+]=[N-])CCNCC1. The topological polar surface area (TPSA) is 87.1 Å².